The van der Waals surface area contributed by atoms with Crippen LogP contribution in [-0.4, -0.2) is 27.3 Å². The first-order valence-corrected chi connectivity index (χ1v) is 10.2. The standard InChI is InChI=1S/C19H26N4O2S/c1-3-4-5-6-7-8-11-25-18(24)16-14(2)22-19-20-13-21-23(19)17(16)15-10-9-12-26-15/h9-10,12-13,17H,3-8,11H2,1-2H3,(H,20,21,22)/t17-/m1/s1. The van der Waals surface area contributed by atoms with Gasteiger partial charge in [0.2, 0.25) is 5.95 Å². The van der Waals surface area contributed by atoms with Crippen molar-refractivity contribution in [2.75, 3.05) is 11.9 Å². The largest absolute Gasteiger partial charge is 0.462 e. The second-order valence-corrected chi connectivity index (χ2v) is 7.49. The zero-order valence-electron chi connectivity index (χ0n) is 15.4. The van der Waals surface area contributed by atoms with E-state index < -0.39 is 0 Å². The summed E-state index contributed by atoms with van der Waals surface area (Å²) in [6, 6.07) is 3.71. The van der Waals surface area contributed by atoms with Gasteiger partial charge in [0, 0.05) is 10.6 Å². The van der Waals surface area contributed by atoms with Gasteiger partial charge in [-0.3, -0.25) is 0 Å². The molecular formula is C19H26N4O2S. The fourth-order valence-corrected chi connectivity index (χ4v) is 4.01. The Morgan fingerprint density at radius 3 is 2.88 bits per heavy atom. The van der Waals surface area contributed by atoms with Crippen LogP contribution in [0.4, 0.5) is 5.95 Å². The van der Waals surface area contributed by atoms with E-state index in [4.69, 9.17) is 4.74 Å². The average Bonchev–Trinajstić information content (AvgIpc) is 3.31. The summed E-state index contributed by atoms with van der Waals surface area (Å²) in [5.41, 5.74) is 1.38. The molecule has 1 atom stereocenters. The first kappa shape index (κ1) is 18.6. The zero-order valence-corrected chi connectivity index (χ0v) is 16.2. The molecule has 0 unspecified atom stereocenters. The van der Waals surface area contributed by atoms with Crippen molar-refractivity contribution in [3.63, 3.8) is 0 Å². The van der Waals surface area contributed by atoms with Gasteiger partial charge in [-0.15, -0.1) is 11.3 Å². The SMILES string of the molecule is CCCCCCCCOC(=O)C1=C(C)Nc2ncnn2[C@@H]1c1cccs1. The predicted octanol–water partition coefficient (Wildman–Crippen LogP) is 4.53. The molecule has 0 saturated heterocycles. The molecule has 2 aromatic heterocycles. The van der Waals surface area contributed by atoms with Gasteiger partial charge >= 0.3 is 5.97 Å². The minimum absolute atomic E-state index is 0.275. The number of esters is 1. The molecule has 3 rings (SSSR count). The van der Waals surface area contributed by atoms with E-state index in [1.54, 1.807) is 16.0 Å². The van der Waals surface area contributed by atoms with E-state index in [0.29, 0.717) is 18.1 Å². The highest BCUT2D eigenvalue weighted by Gasteiger charge is 2.34. The first-order chi connectivity index (χ1) is 12.7. The maximum atomic E-state index is 12.8. The second-order valence-electron chi connectivity index (χ2n) is 6.51. The Labute approximate surface area is 158 Å². The molecule has 0 radical (unpaired) electrons. The molecule has 3 heterocycles. The molecule has 0 amide bonds. The number of nitrogens with one attached hydrogen (secondary N) is 1. The van der Waals surface area contributed by atoms with Crippen LogP contribution in [-0.2, 0) is 9.53 Å². The lowest BCUT2D eigenvalue weighted by Crippen LogP contribution is -2.29. The Morgan fingerprint density at radius 1 is 1.31 bits per heavy atom. The number of fused-ring (bicyclic) bond motifs is 1. The van der Waals surface area contributed by atoms with Crippen LogP contribution in [0.3, 0.4) is 0 Å². The van der Waals surface area contributed by atoms with Crippen LogP contribution in [0.1, 0.15) is 63.3 Å². The number of carbonyl (C=O) groups is 1. The second kappa shape index (κ2) is 8.98. The average molecular weight is 375 g/mol. The van der Waals surface area contributed by atoms with Crippen molar-refractivity contribution in [3.8, 4) is 0 Å². The number of nitrogens with zero attached hydrogens (tertiary/aromatic N) is 3. The summed E-state index contributed by atoms with van der Waals surface area (Å²) in [5.74, 6) is 0.372. The van der Waals surface area contributed by atoms with Gasteiger partial charge in [0.25, 0.3) is 0 Å². The van der Waals surface area contributed by atoms with Crippen LogP contribution >= 0.6 is 11.3 Å². The summed E-state index contributed by atoms with van der Waals surface area (Å²) in [4.78, 5) is 18.1. The van der Waals surface area contributed by atoms with Gasteiger partial charge in [-0.05, 0) is 24.8 Å². The van der Waals surface area contributed by atoms with E-state index in [-0.39, 0.29) is 12.0 Å². The molecule has 0 spiro atoms. The van der Waals surface area contributed by atoms with Crippen molar-refractivity contribution in [2.24, 2.45) is 0 Å². The van der Waals surface area contributed by atoms with E-state index in [1.165, 1.54) is 32.0 Å². The Hall–Kier alpha value is -2.15. The number of ether oxygens (including phenoxy) is 1. The number of allylic oxidation sites excluding steroid dienone is 1. The minimum Gasteiger partial charge on any atom is -0.462 e. The van der Waals surface area contributed by atoms with Crippen LogP contribution in [0.5, 0.6) is 0 Å². The summed E-state index contributed by atoms with van der Waals surface area (Å²) < 4.78 is 7.33. The van der Waals surface area contributed by atoms with Crippen LogP contribution < -0.4 is 5.32 Å². The normalized spacial score (nSPS) is 16.3. The third-order valence-corrected chi connectivity index (χ3v) is 5.48. The maximum Gasteiger partial charge on any atom is 0.338 e. The third-order valence-electron chi connectivity index (χ3n) is 4.56. The topological polar surface area (TPSA) is 69.0 Å². The summed E-state index contributed by atoms with van der Waals surface area (Å²) in [6.45, 7) is 4.56. The Bertz CT molecular complexity index is 751. The number of hydrogen-bond donors (Lipinski definition) is 1. The molecule has 1 N–H and O–H groups in total. The number of hydrogen-bond acceptors (Lipinski definition) is 6. The summed E-state index contributed by atoms with van der Waals surface area (Å²) >= 11 is 1.60. The molecule has 0 aliphatic carbocycles. The molecule has 1 aliphatic rings. The number of rotatable bonds is 9. The molecular weight excluding hydrogens is 348 g/mol. The van der Waals surface area contributed by atoms with E-state index in [2.05, 4.69) is 22.3 Å². The van der Waals surface area contributed by atoms with Crippen molar-refractivity contribution in [3.05, 3.63) is 40.0 Å². The molecule has 7 heteroatoms. The zero-order chi connectivity index (χ0) is 18.4. The highest BCUT2D eigenvalue weighted by molar-refractivity contribution is 7.10. The predicted molar refractivity (Wildman–Crippen MR) is 103 cm³/mol. The fourth-order valence-electron chi connectivity index (χ4n) is 3.19. The first-order valence-electron chi connectivity index (χ1n) is 9.30. The summed E-state index contributed by atoms with van der Waals surface area (Å²) in [7, 11) is 0. The van der Waals surface area contributed by atoms with E-state index in [0.717, 1.165) is 23.4 Å². The lowest BCUT2D eigenvalue weighted by Gasteiger charge is -2.27. The van der Waals surface area contributed by atoms with Gasteiger partial charge in [0.15, 0.2) is 0 Å². The van der Waals surface area contributed by atoms with E-state index in [9.17, 15) is 4.79 Å². The number of thiophene rings is 1. The van der Waals surface area contributed by atoms with Gasteiger partial charge in [-0.1, -0.05) is 45.1 Å². The maximum absolute atomic E-state index is 12.8. The summed E-state index contributed by atoms with van der Waals surface area (Å²) in [6.07, 6.45) is 8.49. The number of aromatic nitrogens is 3. The molecule has 0 bridgehead atoms. The minimum atomic E-state index is -0.286. The number of carbonyl (C=O) groups excluding carboxylic acids is 1. The quantitative estimate of drug-likeness (QED) is 0.516. The smallest absolute Gasteiger partial charge is 0.338 e. The van der Waals surface area contributed by atoms with Gasteiger partial charge in [0.1, 0.15) is 12.4 Å². The lowest BCUT2D eigenvalue weighted by atomic mass is 10.0. The lowest BCUT2D eigenvalue weighted by molar-refractivity contribution is -0.139. The van der Waals surface area contributed by atoms with Crippen LogP contribution in [0.25, 0.3) is 0 Å². The molecule has 1 aliphatic heterocycles. The number of unbranched alkanes of at least 4 members (excludes halogenated alkanes) is 5. The Morgan fingerprint density at radius 2 is 2.12 bits per heavy atom. The van der Waals surface area contributed by atoms with Crippen LogP contribution in [0.2, 0.25) is 0 Å². The molecule has 0 aromatic carbocycles. The van der Waals surface area contributed by atoms with Crippen molar-refractivity contribution in [2.45, 2.75) is 58.4 Å². The van der Waals surface area contributed by atoms with Crippen molar-refractivity contribution >= 4 is 23.3 Å². The highest BCUT2D eigenvalue weighted by atomic mass is 32.1. The van der Waals surface area contributed by atoms with Gasteiger partial charge < -0.3 is 10.1 Å². The van der Waals surface area contributed by atoms with E-state index >= 15 is 0 Å². The van der Waals surface area contributed by atoms with Crippen LogP contribution in [0.15, 0.2) is 35.1 Å². The highest BCUT2D eigenvalue weighted by Crippen LogP contribution is 2.37. The molecule has 0 saturated carbocycles. The van der Waals surface area contributed by atoms with Gasteiger partial charge in [-0.2, -0.15) is 10.1 Å². The molecule has 140 valence electrons. The summed E-state index contributed by atoms with van der Waals surface area (Å²) in [5, 5.41) is 9.47. The number of anilines is 1. The van der Waals surface area contributed by atoms with E-state index in [1.807, 2.05) is 24.4 Å². The molecule has 0 fully saturated rings. The molecule has 2 aromatic rings. The van der Waals surface area contributed by atoms with Gasteiger partial charge in [-0.25, -0.2) is 9.48 Å². The van der Waals surface area contributed by atoms with Crippen molar-refractivity contribution < 1.29 is 9.53 Å². The Kier molecular flexibility index (Phi) is 6.44. The monoisotopic (exact) mass is 374 g/mol. The van der Waals surface area contributed by atoms with Crippen molar-refractivity contribution in [1.82, 2.24) is 14.8 Å². The molecule has 6 nitrogen and oxygen atoms in total. The third kappa shape index (κ3) is 4.15. The Balaban J connectivity index is 1.66. The molecule has 26 heavy (non-hydrogen) atoms. The van der Waals surface area contributed by atoms with Crippen molar-refractivity contribution in [1.29, 1.82) is 0 Å². The van der Waals surface area contributed by atoms with Gasteiger partial charge in [0.05, 0.1) is 12.2 Å². The fraction of sp³-hybridized carbons (Fsp3) is 0.526. The van der Waals surface area contributed by atoms with Crippen LogP contribution in [0, 0.1) is 0 Å².